The van der Waals surface area contributed by atoms with E-state index in [9.17, 15) is 9.59 Å². The van der Waals surface area contributed by atoms with Gasteiger partial charge < -0.3 is 15.0 Å². The van der Waals surface area contributed by atoms with Crippen molar-refractivity contribution in [3.05, 3.63) is 50.9 Å². The summed E-state index contributed by atoms with van der Waals surface area (Å²) < 4.78 is 5.62. The van der Waals surface area contributed by atoms with Crippen LogP contribution in [0.25, 0.3) is 0 Å². The van der Waals surface area contributed by atoms with Crippen molar-refractivity contribution in [3.8, 4) is 5.75 Å². The highest BCUT2D eigenvalue weighted by atomic mass is 35.5. The van der Waals surface area contributed by atoms with Gasteiger partial charge in [-0.05, 0) is 56.9 Å². The number of H-pyrrole nitrogens is 1. The molecule has 142 valence electrons. The summed E-state index contributed by atoms with van der Waals surface area (Å²) in [6.45, 7) is 3.86. The lowest BCUT2D eigenvalue weighted by Crippen LogP contribution is -2.45. The molecule has 1 aromatic carbocycles. The molecule has 2 bridgehead atoms. The summed E-state index contributed by atoms with van der Waals surface area (Å²) in [5.41, 5.74) is 2.14. The van der Waals surface area contributed by atoms with E-state index in [0.29, 0.717) is 22.9 Å². The lowest BCUT2D eigenvalue weighted by Gasteiger charge is -2.35. The molecule has 2 aliphatic heterocycles. The molecule has 2 atom stereocenters. The molecule has 2 aliphatic rings. The monoisotopic (exact) mass is 388 g/mol. The molecule has 0 aliphatic carbocycles. The average Bonchev–Trinajstić information content (AvgIpc) is 2.92. The van der Waals surface area contributed by atoms with Crippen LogP contribution in [0.4, 0.5) is 10.5 Å². The fraction of sp³-hybridized carbons (Fsp3) is 0.421. The normalized spacial score (nSPS) is 20.5. The Morgan fingerprint density at radius 1 is 1.37 bits per heavy atom. The molecule has 1 saturated heterocycles. The van der Waals surface area contributed by atoms with Crippen LogP contribution >= 0.6 is 11.6 Å². The molecule has 0 radical (unpaired) electrons. The third-order valence-corrected chi connectivity index (χ3v) is 5.27. The summed E-state index contributed by atoms with van der Waals surface area (Å²) in [6, 6.07) is 6.58. The van der Waals surface area contributed by atoms with Crippen LogP contribution < -0.4 is 15.6 Å². The molecule has 4 rings (SSSR count). The number of fused-ring (bicyclic) bond motifs is 4. The smallest absolute Gasteiger partial charge is 0.322 e. The first-order chi connectivity index (χ1) is 12.9. The number of hydrogen-bond donors (Lipinski definition) is 2. The Morgan fingerprint density at radius 2 is 2.19 bits per heavy atom. The number of aromatic nitrogens is 2. The summed E-state index contributed by atoms with van der Waals surface area (Å²) in [5, 5.41) is 10.1. The fourth-order valence-corrected chi connectivity index (χ4v) is 4.16. The van der Waals surface area contributed by atoms with E-state index in [1.807, 2.05) is 18.7 Å². The number of amides is 2. The Hall–Kier alpha value is -2.54. The zero-order valence-corrected chi connectivity index (χ0v) is 15.9. The third-order valence-electron chi connectivity index (χ3n) is 4.97. The molecule has 2 unspecified atom stereocenters. The number of rotatable bonds is 3. The minimum atomic E-state index is -0.204. The topological polar surface area (TPSA) is 87.3 Å². The van der Waals surface area contributed by atoms with Gasteiger partial charge >= 0.3 is 6.03 Å². The summed E-state index contributed by atoms with van der Waals surface area (Å²) in [6.07, 6.45) is 2.40. The van der Waals surface area contributed by atoms with Crippen LogP contribution in [0.1, 0.15) is 44.0 Å². The minimum absolute atomic E-state index is 0.0194. The van der Waals surface area contributed by atoms with Crippen molar-refractivity contribution in [1.29, 1.82) is 0 Å². The van der Waals surface area contributed by atoms with Gasteiger partial charge in [-0.2, -0.15) is 5.10 Å². The third kappa shape index (κ3) is 3.39. The number of urea groups is 1. The van der Waals surface area contributed by atoms with Crippen molar-refractivity contribution in [1.82, 2.24) is 15.1 Å². The van der Waals surface area contributed by atoms with E-state index in [4.69, 9.17) is 16.3 Å². The van der Waals surface area contributed by atoms with Crippen molar-refractivity contribution in [3.63, 3.8) is 0 Å². The second-order valence-corrected chi connectivity index (χ2v) is 7.65. The lowest BCUT2D eigenvalue weighted by atomic mass is 9.99. The zero-order valence-electron chi connectivity index (χ0n) is 15.2. The van der Waals surface area contributed by atoms with Crippen LogP contribution in [-0.4, -0.2) is 33.3 Å². The lowest BCUT2D eigenvalue weighted by molar-refractivity contribution is 0.177. The number of ether oxygens (including phenoxy) is 1. The first-order valence-corrected chi connectivity index (χ1v) is 9.44. The number of carbonyl (C=O) groups excluding carboxylic acids is 1. The Balaban J connectivity index is 1.53. The number of carbonyl (C=O) groups is 1. The standard InChI is InChI=1S/C19H21ClN4O3/c1-10(2)27-16-6-3-12(9-14(16)20)21-19(26)24-13-4-5-15(24)18-11(7-13)8-17(25)22-23-18/h3,6,8-10,13,15H,4-5,7H2,1-2H3,(H,21,26)(H,22,25). The van der Waals surface area contributed by atoms with Gasteiger partial charge in [0, 0.05) is 17.8 Å². The molecule has 1 fully saturated rings. The second-order valence-electron chi connectivity index (χ2n) is 7.24. The van der Waals surface area contributed by atoms with Gasteiger partial charge in [0.15, 0.2) is 0 Å². The van der Waals surface area contributed by atoms with E-state index < -0.39 is 0 Å². The number of nitrogens with zero attached hydrogens (tertiary/aromatic N) is 2. The average molecular weight is 389 g/mol. The van der Waals surface area contributed by atoms with Crippen molar-refractivity contribution in [2.24, 2.45) is 0 Å². The van der Waals surface area contributed by atoms with Crippen molar-refractivity contribution in [2.75, 3.05) is 5.32 Å². The number of hydrogen-bond acceptors (Lipinski definition) is 4. The van der Waals surface area contributed by atoms with E-state index in [0.717, 1.165) is 24.1 Å². The summed E-state index contributed by atoms with van der Waals surface area (Å²) in [5.74, 6) is 0.588. The molecule has 0 saturated carbocycles. The Morgan fingerprint density at radius 3 is 2.93 bits per heavy atom. The molecule has 2 N–H and O–H groups in total. The van der Waals surface area contributed by atoms with Gasteiger partial charge in [-0.3, -0.25) is 4.79 Å². The van der Waals surface area contributed by atoms with E-state index in [1.54, 1.807) is 24.3 Å². The number of aromatic amines is 1. The Kier molecular flexibility index (Phi) is 4.55. The van der Waals surface area contributed by atoms with Crippen molar-refractivity contribution >= 4 is 23.3 Å². The molecule has 8 heteroatoms. The van der Waals surface area contributed by atoms with Crippen LogP contribution in [0, 0.1) is 0 Å². The molecule has 27 heavy (non-hydrogen) atoms. The van der Waals surface area contributed by atoms with Crippen LogP contribution in [0.3, 0.4) is 0 Å². The SMILES string of the molecule is CC(C)Oc1ccc(NC(=O)N2C3CCC2c2n[nH]c(=O)cc2C3)cc1Cl. The predicted octanol–water partition coefficient (Wildman–Crippen LogP) is 3.50. The molecular formula is C19H21ClN4O3. The number of halogens is 1. The highest BCUT2D eigenvalue weighted by molar-refractivity contribution is 6.32. The van der Waals surface area contributed by atoms with Gasteiger partial charge in [0.05, 0.1) is 22.9 Å². The zero-order chi connectivity index (χ0) is 19.1. The molecule has 7 nitrogen and oxygen atoms in total. The van der Waals surface area contributed by atoms with Crippen LogP contribution in [0.15, 0.2) is 29.1 Å². The van der Waals surface area contributed by atoms with Gasteiger partial charge in [-0.15, -0.1) is 0 Å². The Bertz CT molecular complexity index is 943. The molecule has 2 aromatic rings. The first kappa shape index (κ1) is 17.9. The molecule has 3 heterocycles. The van der Waals surface area contributed by atoms with Gasteiger partial charge in [0.1, 0.15) is 5.75 Å². The van der Waals surface area contributed by atoms with Crippen molar-refractivity contribution in [2.45, 2.75) is 51.3 Å². The van der Waals surface area contributed by atoms with Crippen LogP contribution in [0.2, 0.25) is 5.02 Å². The van der Waals surface area contributed by atoms with Crippen LogP contribution in [-0.2, 0) is 6.42 Å². The fourth-order valence-electron chi connectivity index (χ4n) is 3.93. The summed E-state index contributed by atoms with van der Waals surface area (Å²) >= 11 is 6.26. The van der Waals surface area contributed by atoms with Gasteiger partial charge in [-0.25, -0.2) is 9.89 Å². The largest absolute Gasteiger partial charge is 0.489 e. The summed E-state index contributed by atoms with van der Waals surface area (Å²) in [4.78, 5) is 26.3. The molecule has 1 aromatic heterocycles. The number of benzene rings is 1. The number of anilines is 1. The van der Waals surface area contributed by atoms with E-state index in [-0.39, 0.29) is 29.8 Å². The highest BCUT2D eigenvalue weighted by Gasteiger charge is 2.43. The highest BCUT2D eigenvalue weighted by Crippen LogP contribution is 2.42. The minimum Gasteiger partial charge on any atom is -0.489 e. The van der Waals surface area contributed by atoms with Gasteiger partial charge in [-0.1, -0.05) is 11.6 Å². The molecule has 0 spiro atoms. The van der Waals surface area contributed by atoms with Crippen LogP contribution in [0.5, 0.6) is 5.75 Å². The summed E-state index contributed by atoms with van der Waals surface area (Å²) in [7, 11) is 0. The van der Waals surface area contributed by atoms with Gasteiger partial charge in [0.2, 0.25) is 0 Å². The van der Waals surface area contributed by atoms with E-state index in [2.05, 4.69) is 15.5 Å². The number of nitrogens with one attached hydrogen (secondary N) is 2. The maximum absolute atomic E-state index is 12.9. The van der Waals surface area contributed by atoms with E-state index >= 15 is 0 Å². The maximum Gasteiger partial charge on any atom is 0.322 e. The van der Waals surface area contributed by atoms with Gasteiger partial charge in [0.25, 0.3) is 5.56 Å². The maximum atomic E-state index is 12.9. The first-order valence-electron chi connectivity index (χ1n) is 9.06. The quantitative estimate of drug-likeness (QED) is 0.842. The molecular weight excluding hydrogens is 368 g/mol. The molecule has 2 amide bonds. The predicted molar refractivity (Wildman–Crippen MR) is 102 cm³/mol. The van der Waals surface area contributed by atoms with E-state index in [1.165, 1.54) is 0 Å². The Labute approximate surface area is 161 Å². The van der Waals surface area contributed by atoms with Crippen molar-refractivity contribution < 1.29 is 9.53 Å². The second kappa shape index (κ2) is 6.88.